The number of benzene rings is 3. The number of ether oxygens (including phenoxy) is 2. The molecule has 0 bridgehead atoms. The third-order valence-electron chi connectivity index (χ3n) is 7.33. The molecule has 4 aromatic rings. The third kappa shape index (κ3) is 4.68. The summed E-state index contributed by atoms with van der Waals surface area (Å²) in [5.41, 5.74) is 2.95. The van der Waals surface area contributed by atoms with Gasteiger partial charge in [0.25, 0.3) is 5.69 Å². The van der Waals surface area contributed by atoms with Crippen molar-refractivity contribution in [3.63, 3.8) is 0 Å². The molecule has 2 amide bonds. The Balaban J connectivity index is 1.37. The molecule has 3 aromatic carbocycles. The van der Waals surface area contributed by atoms with Crippen LogP contribution in [0.5, 0.6) is 11.5 Å². The second kappa shape index (κ2) is 10.5. The number of hydrogen-bond donors (Lipinski definition) is 1. The number of nitro benzene ring substituents is 1. The number of aromatic nitrogens is 1. The highest BCUT2D eigenvalue weighted by molar-refractivity contribution is 8.00. The van der Waals surface area contributed by atoms with Crippen LogP contribution in [0.2, 0.25) is 0 Å². The van der Waals surface area contributed by atoms with Crippen molar-refractivity contribution in [2.24, 2.45) is 5.92 Å². The van der Waals surface area contributed by atoms with Gasteiger partial charge in [0.2, 0.25) is 11.8 Å². The number of imide groups is 1. The van der Waals surface area contributed by atoms with Crippen molar-refractivity contribution in [3.8, 4) is 11.5 Å². The lowest BCUT2D eigenvalue weighted by molar-refractivity contribution is -0.384. The smallest absolute Gasteiger partial charge is 0.305 e. The van der Waals surface area contributed by atoms with Crippen molar-refractivity contribution in [1.82, 2.24) is 4.98 Å². The van der Waals surface area contributed by atoms with Crippen LogP contribution in [0.3, 0.4) is 0 Å². The predicted molar refractivity (Wildman–Crippen MR) is 154 cm³/mol. The van der Waals surface area contributed by atoms with Crippen LogP contribution in [-0.2, 0) is 16.2 Å². The number of non-ortho nitro benzene ring substituents is 1. The van der Waals surface area contributed by atoms with E-state index in [-0.39, 0.29) is 16.2 Å². The molecule has 1 aromatic heterocycles. The van der Waals surface area contributed by atoms with Gasteiger partial charge in [0, 0.05) is 22.9 Å². The second-order valence-corrected chi connectivity index (χ2v) is 11.8. The fourth-order valence-corrected chi connectivity index (χ4v) is 7.79. The van der Waals surface area contributed by atoms with E-state index in [4.69, 9.17) is 9.47 Å². The maximum absolute atomic E-state index is 13.9. The number of hydrogen-bond acceptors (Lipinski definition) is 9. The zero-order chi connectivity index (χ0) is 28.8. The van der Waals surface area contributed by atoms with E-state index in [9.17, 15) is 24.5 Å². The molecule has 1 saturated heterocycles. The molecule has 1 N–H and O–H groups in total. The quantitative estimate of drug-likeness (QED) is 0.180. The zero-order valence-electron chi connectivity index (χ0n) is 21.9. The number of aryl methyl sites for hydroxylation is 1. The minimum absolute atomic E-state index is 0.144. The summed E-state index contributed by atoms with van der Waals surface area (Å²) in [6.45, 7) is 2.35. The van der Waals surface area contributed by atoms with E-state index in [2.05, 4.69) is 4.98 Å². The van der Waals surface area contributed by atoms with Crippen LogP contribution in [0.4, 0.5) is 11.4 Å². The molecule has 12 heteroatoms. The molecule has 208 valence electrons. The molecular formula is C29H23N3O7S2. The molecule has 3 heterocycles. The maximum atomic E-state index is 13.9. The molecule has 3 atom stereocenters. The number of thioether (sulfide) groups is 1. The highest BCUT2D eigenvalue weighted by atomic mass is 32.2. The van der Waals surface area contributed by atoms with E-state index in [0.29, 0.717) is 33.6 Å². The Morgan fingerprint density at radius 3 is 2.46 bits per heavy atom. The minimum atomic E-state index is -0.801. The Hall–Kier alpha value is -4.42. The highest BCUT2D eigenvalue weighted by Gasteiger charge is 2.56. The minimum Gasteiger partial charge on any atom is -0.493 e. The average Bonchev–Trinajstić information content (AvgIpc) is 3.46. The number of rotatable bonds is 7. The number of nitro groups is 1. The van der Waals surface area contributed by atoms with E-state index in [0.717, 1.165) is 39.1 Å². The first kappa shape index (κ1) is 26.8. The lowest BCUT2D eigenvalue weighted by atomic mass is 9.83. The van der Waals surface area contributed by atoms with Crippen LogP contribution < -0.4 is 19.2 Å². The lowest BCUT2D eigenvalue weighted by Gasteiger charge is -2.30. The highest BCUT2D eigenvalue weighted by Crippen LogP contribution is 2.53. The summed E-state index contributed by atoms with van der Waals surface area (Å²) in [6, 6.07) is 18.6. The summed E-state index contributed by atoms with van der Waals surface area (Å²) in [5.74, 6) is -1.29. The normalized spacial score (nSPS) is 19.6. The molecule has 1 fully saturated rings. The number of nitrogens with zero attached hydrogens (tertiary/aromatic N) is 2. The first-order chi connectivity index (χ1) is 19.8. The van der Waals surface area contributed by atoms with Crippen molar-refractivity contribution in [2.75, 3.05) is 12.0 Å². The van der Waals surface area contributed by atoms with Crippen molar-refractivity contribution in [2.45, 2.75) is 29.7 Å². The summed E-state index contributed by atoms with van der Waals surface area (Å²) < 4.78 is 11.7. The molecule has 0 spiro atoms. The van der Waals surface area contributed by atoms with Gasteiger partial charge in [0.1, 0.15) is 11.9 Å². The number of aromatic amines is 1. The standard InChI is InChI=1S/C29H23N3O7S2/c1-15-5-3-4-6-17(15)14-39-20-12-7-16(13-21(20)38-2)22-23-25(40-26-24(22)41-29(35)30-26)28(34)31(27(23)33)18-8-10-19(11-9-18)32(36)37/h3-13,22-23,25H,14H2,1-2H3,(H,30,35)/t22-,23?,25?/m1/s1. The lowest BCUT2D eigenvalue weighted by Crippen LogP contribution is -2.32. The van der Waals surface area contributed by atoms with Crippen molar-refractivity contribution >= 4 is 46.3 Å². The van der Waals surface area contributed by atoms with Crippen LogP contribution in [-0.4, -0.2) is 34.1 Å². The third-order valence-corrected chi connectivity index (χ3v) is 9.73. The van der Waals surface area contributed by atoms with Crippen molar-refractivity contribution in [1.29, 1.82) is 0 Å². The van der Waals surface area contributed by atoms with Gasteiger partial charge in [0.05, 0.1) is 28.7 Å². The van der Waals surface area contributed by atoms with Crippen LogP contribution in [0.25, 0.3) is 0 Å². The van der Waals surface area contributed by atoms with Gasteiger partial charge in [-0.05, 0) is 47.9 Å². The summed E-state index contributed by atoms with van der Waals surface area (Å²) in [5, 5.41) is 10.9. The molecule has 0 saturated carbocycles. The Kier molecular flexibility index (Phi) is 6.88. The first-order valence-corrected chi connectivity index (χ1v) is 14.3. The van der Waals surface area contributed by atoms with E-state index >= 15 is 0 Å². The largest absolute Gasteiger partial charge is 0.493 e. The first-order valence-electron chi connectivity index (χ1n) is 12.6. The Bertz CT molecular complexity index is 1750. The molecule has 10 nitrogen and oxygen atoms in total. The fourth-order valence-electron chi connectivity index (χ4n) is 5.28. The summed E-state index contributed by atoms with van der Waals surface area (Å²) in [6.07, 6.45) is 0. The molecule has 6 rings (SSSR count). The Morgan fingerprint density at radius 1 is 1.00 bits per heavy atom. The van der Waals surface area contributed by atoms with Gasteiger partial charge < -0.3 is 14.5 Å². The van der Waals surface area contributed by atoms with Gasteiger partial charge in [-0.25, -0.2) is 4.90 Å². The molecule has 0 aliphatic carbocycles. The van der Waals surface area contributed by atoms with Gasteiger partial charge in [-0.1, -0.05) is 53.4 Å². The van der Waals surface area contributed by atoms with E-state index in [1.165, 1.54) is 31.4 Å². The second-order valence-electron chi connectivity index (χ2n) is 9.66. The summed E-state index contributed by atoms with van der Waals surface area (Å²) in [7, 11) is 1.53. The number of carbonyl (C=O) groups excluding carboxylic acids is 2. The van der Waals surface area contributed by atoms with Crippen molar-refractivity contribution < 1.29 is 24.0 Å². The molecule has 0 radical (unpaired) electrons. The van der Waals surface area contributed by atoms with E-state index in [1.54, 1.807) is 12.1 Å². The van der Waals surface area contributed by atoms with Gasteiger partial charge in [-0.2, -0.15) is 0 Å². The van der Waals surface area contributed by atoms with Crippen molar-refractivity contribution in [3.05, 3.63) is 108 Å². The molecule has 2 unspecified atom stereocenters. The average molecular weight is 590 g/mol. The number of fused-ring (bicyclic) bond motifs is 2. The van der Waals surface area contributed by atoms with E-state index in [1.807, 2.05) is 37.3 Å². The molecule has 2 aliphatic rings. The van der Waals surface area contributed by atoms with E-state index < -0.39 is 33.8 Å². The number of thiazole rings is 1. The number of H-pyrrole nitrogens is 1. The SMILES string of the molecule is COc1cc([C@H]2c3sc(=O)[nH]c3SC3C(=O)N(c4ccc([N+](=O)[O-])cc4)C(=O)C32)ccc1OCc1ccccc1C. The topological polar surface area (TPSA) is 132 Å². The maximum Gasteiger partial charge on any atom is 0.305 e. The molecule has 41 heavy (non-hydrogen) atoms. The van der Waals surface area contributed by atoms with Crippen LogP contribution in [0, 0.1) is 23.0 Å². The van der Waals surface area contributed by atoms with Crippen LogP contribution in [0.15, 0.2) is 76.6 Å². The number of anilines is 1. The number of carbonyl (C=O) groups is 2. The van der Waals surface area contributed by atoms with Gasteiger partial charge >= 0.3 is 4.87 Å². The number of methoxy groups -OCH3 is 1. The molecule has 2 aliphatic heterocycles. The Labute approximate surface area is 242 Å². The van der Waals surface area contributed by atoms with Gasteiger partial charge in [-0.15, -0.1) is 0 Å². The van der Waals surface area contributed by atoms with Crippen LogP contribution >= 0.6 is 23.1 Å². The fraction of sp³-hybridized carbons (Fsp3) is 0.207. The summed E-state index contributed by atoms with van der Waals surface area (Å²) >= 11 is 2.18. The summed E-state index contributed by atoms with van der Waals surface area (Å²) in [4.78, 5) is 54.7. The monoisotopic (exact) mass is 589 g/mol. The zero-order valence-corrected chi connectivity index (χ0v) is 23.5. The number of amides is 2. The van der Waals surface area contributed by atoms with Gasteiger partial charge in [0.15, 0.2) is 11.5 Å². The Morgan fingerprint density at radius 2 is 1.76 bits per heavy atom. The van der Waals surface area contributed by atoms with Gasteiger partial charge in [-0.3, -0.25) is 24.5 Å². The predicted octanol–water partition coefficient (Wildman–Crippen LogP) is 5.04. The molecular weight excluding hydrogens is 566 g/mol. The van der Waals surface area contributed by atoms with Crippen LogP contribution in [0.1, 0.15) is 27.5 Å². The number of nitrogens with one attached hydrogen (secondary N) is 1.